The fourth-order valence-corrected chi connectivity index (χ4v) is 3.65. The topological polar surface area (TPSA) is 41.6 Å². The van der Waals surface area contributed by atoms with Gasteiger partial charge in [-0.3, -0.25) is 4.79 Å². The number of esters is 1. The Balaban J connectivity index is 2.00. The first kappa shape index (κ1) is 16.8. The van der Waals surface area contributed by atoms with Crippen LogP contribution in [0, 0.1) is 5.92 Å². The van der Waals surface area contributed by atoms with Gasteiger partial charge in [0.25, 0.3) is 0 Å². The molecule has 4 heteroatoms. The molecule has 21 heavy (non-hydrogen) atoms. The quantitative estimate of drug-likeness (QED) is 0.664. The van der Waals surface area contributed by atoms with Crippen LogP contribution in [0.4, 0.5) is 0 Å². The molecule has 4 nitrogen and oxygen atoms in total. The number of hydrogen-bond donors (Lipinski definition) is 1. The van der Waals surface area contributed by atoms with Crippen molar-refractivity contribution in [3.05, 3.63) is 0 Å². The predicted molar refractivity (Wildman–Crippen MR) is 85.3 cm³/mol. The molecule has 0 bridgehead atoms. The molecule has 2 saturated carbocycles. The highest BCUT2D eigenvalue weighted by Gasteiger charge is 2.47. The zero-order chi connectivity index (χ0) is 15.3. The number of carbonyl (C=O) groups excluding carboxylic acids is 1. The van der Waals surface area contributed by atoms with E-state index in [2.05, 4.69) is 24.1 Å². The lowest BCUT2D eigenvalue weighted by atomic mass is 9.96. The third kappa shape index (κ3) is 4.19. The van der Waals surface area contributed by atoms with Crippen LogP contribution in [-0.4, -0.2) is 49.2 Å². The molecule has 2 aliphatic rings. The Labute approximate surface area is 129 Å². The molecule has 0 saturated heterocycles. The summed E-state index contributed by atoms with van der Waals surface area (Å²) in [5, 5.41) is 3.49. The standard InChI is InChI=1S/C17H32N2O2/c1-4-10-18-17(16(20)21-3)9-8-15(12-17)19(11-5-2)13-14-6-7-14/h14-15,18H,4-13H2,1-3H3. The van der Waals surface area contributed by atoms with Crippen molar-refractivity contribution in [3.8, 4) is 0 Å². The Hall–Kier alpha value is -0.610. The molecular formula is C17H32N2O2. The van der Waals surface area contributed by atoms with Crippen LogP contribution in [0.3, 0.4) is 0 Å². The number of ether oxygens (including phenoxy) is 1. The molecule has 0 radical (unpaired) electrons. The molecular weight excluding hydrogens is 264 g/mol. The fourth-order valence-electron chi connectivity index (χ4n) is 3.65. The molecule has 0 aromatic carbocycles. The van der Waals surface area contributed by atoms with Crippen molar-refractivity contribution in [1.29, 1.82) is 0 Å². The van der Waals surface area contributed by atoms with Crippen molar-refractivity contribution in [2.75, 3.05) is 26.7 Å². The van der Waals surface area contributed by atoms with E-state index in [1.54, 1.807) is 0 Å². The molecule has 0 heterocycles. The maximum atomic E-state index is 12.3. The van der Waals surface area contributed by atoms with Crippen molar-refractivity contribution >= 4 is 5.97 Å². The number of rotatable bonds is 9. The third-order valence-corrected chi connectivity index (χ3v) is 4.99. The van der Waals surface area contributed by atoms with Crippen molar-refractivity contribution in [2.24, 2.45) is 5.92 Å². The maximum absolute atomic E-state index is 12.3. The Morgan fingerprint density at radius 1 is 1.29 bits per heavy atom. The molecule has 0 amide bonds. The Kier molecular flexibility index (Phi) is 6.06. The molecule has 0 spiro atoms. The Morgan fingerprint density at radius 2 is 2.05 bits per heavy atom. The second-order valence-electron chi connectivity index (χ2n) is 6.84. The maximum Gasteiger partial charge on any atom is 0.326 e. The zero-order valence-corrected chi connectivity index (χ0v) is 14.0. The highest BCUT2D eigenvalue weighted by molar-refractivity contribution is 5.81. The molecule has 2 fully saturated rings. The summed E-state index contributed by atoms with van der Waals surface area (Å²) >= 11 is 0. The first-order valence-electron chi connectivity index (χ1n) is 8.72. The van der Waals surface area contributed by atoms with Crippen LogP contribution >= 0.6 is 0 Å². The van der Waals surface area contributed by atoms with E-state index in [0.717, 1.165) is 44.7 Å². The van der Waals surface area contributed by atoms with E-state index in [1.807, 2.05) is 0 Å². The van der Waals surface area contributed by atoms with E-state index in [9.17, 15) is 4.79 Å². The average molecular weight is 296 g/mol. The summed E-state index contributed by atoms with van der Waals surface area (Å²) in [6.07, 6.45) is 7.95. The van der Waals surface area contributed by atoms with Crippen LogP contribution in [0.1, 0.15) is 58.8 Å². The summed E-state index contributed by atoms with van der Waals surface area (Å²) in [6, 6.07) is 0.536. The monoisotopic (exact) mass is 296 g/mol. The molecule has 0 aromatic rings. The number of nitrogens with one attached hydrogen (secondary N) is 1. The predicted octanol–water partition coefficient (Wildman–Crippen LogP) is 2.57. The highest BCUT2D eigenvalue weighted by atomic mass is 16.5. The highest BCUT2D eigenvalue weighted by Crippen LogP contribution is 2.37. The van der Waals surface area contributed by atoms with Gasteiger partial charge in [0, 0.05) is 12.6 Å². The van der Waals surface area contributed by atoms with E-state index < -0.39 is 5.54 Å². The Bertz CT molecular complexity index is 344. The normalized spacial score (nSPS) is 29.0. The Morgan fingerprint density at radius 3 is 2.62 bits per heavy atom. The number of nitrogens with zero attached hydrogens (tertiary/aromatic N) is 1. The number of hydrogen-bond acceptors (Lipinski definition) is 4. The minimum Gasteiger partial charge on any atom is -0.468 e. The second kappa shape index (κ2) is 7.59. The van der Waals surface area contributed by atoms with Crippen LogP contribution in [0.2, 0.25) is 0 Å². The van der Waals surface area contributed by atoms with Crippen molar-refractivity contribution in [2.45, 2.75) is 70.4 Å². The minimum absolute atomic E-state index is 0.0682. The van der Waals surface area contributed by atoms with Gasteiger partial charge in [0.2, 0.25) is 0 Å². The first-order valence-corrected chi connectivity index (χ1v) is 8.72. The first-order chi connectivity index (χ1) is 10.1. The lowest BCUT2D eigenvalue weighted by Gasteiger charge is -2.32. The van der Waals surface area contributed by atoms with E-state index >= 15 is 0 Å². The van der Waals surface area contributed by atoms with Crippen LogP contribution in [0.15, 0.2) is 0 Å². The van der Waals surface area contributed by atoms with Crippen LogP contribution < -0.4 is 5.32 Å². The largest absolute Gasteiger partial charge is 0.468 e. The van der Waals surface area contributed by atoms with Gasteiger partial charge in [-0.1, -0.05) is 13.8 Å². The van der Waals surface area contributed by atoms with Gasteiger partial charge in [0.15, 0.2) is 0 Å². The molecule has 0 aromatic heterocycles. The van der Waals surface area contributed by atoms with Gasteiger partial charge in [0.1, 0.15) is 5.54 Å². The summed E-state index contributed by atoms with van der Waals surface area (Å²) in [5.74, 6) is 0.842. The summed E-state index contributed by atoms with van der Waals surface area (Å²) in [6.45, 7) is 7.66. The average Bonchev–Trinajstić information content (AvgIpc) is 3.21. The summed E-state index contributed by atoms with van der Waals surface area (Å²) < 4.78 is 5.10. The van der Waals surface area contributed by atoms with Crippen LogP contribution in [0.5, 0.6) is 0 Å². The summed E-state index contributed by atoms with van der Waals surface area (Å²) in [4.78, 5) is 14.9. The van der Waals surface area contributed by atoms with Gasteiger partial charge in [-0.05, 0) is 64.0 Å². The number of carbonyl (C=O) groups is 1. The lowest BCUT2D eigenvalue weighted by Crippen LogP contribution is -2.52. The molecule has 2 unspecified atom stereocenters. The van der Waals surface area contributed by atoms with Gasteiger partial charge in [-0.15, -0.1) is 0 Å². The van der Waals surface area contributed by atoms with Crippen molar-refractivity contribution in [3.63, 3.8) is 0 Å². The molecule has 122 valence electrons. The molecule has 2 aliphatic carbocycles. The number of methoxy groups -OCH3 is 1. The van der Waals surface area contributed by atoms with Gasteiger partial charge in [-0.2, -0.15) is 0 Å². The van der Waals surface area contributed by atoms with Crippen LogP contribution in [-0.2, 0) is 9.53 Å². The SMILES string of the molecule is CCCNC1(C(=O)OC)CCC(N(CCC)CC2CC2)C1. The third-order valence-electron chi connectivity index (χ3n) is 4.99. The molecule has 1 N–H and O–H groups in total. The lowest BCUT2D eigenvalue weighted by molar-refractivity contribution is -0.148. The van der Waals surface area contributed by atoms with Gasteiger partial charge in [-0.25, -0.2) is 0 Å². The molecule has 2 rings (SSSR count). The summed E-state index contributed by atoms with van der Waals surface area (Å²) in [5.41, 5.74) is -0.440. The molecule has 0 aliphatic heterocycles. The summed E-state index contributed by atoms with van der Waals surface area (Å²) in [7, 11) is 1.51. The minimum atomic E-state index is -0.440. The van der Waals surface area contributed by atoms with E-state index in [1.165, 1.54) is 32.9 Å². The van der Waals surface area contributed by atoms with Crippen molar-refractivity contribution < 1.29 is 9.53 Å². The van der Waals surface area contributed by atoms with Gasteiger partial charge < -0.3 is 15.0 Å². The van der Waals surface area contributed by atoms with Gasteiger partial charge >= 0.3 is 5.97 Å². The molecule has 2 atom stereocenters. The smallest absolute Gasteiger partial charge is 0.326 e. The fraction of sp³-hybridized carbons (Fsp3) is 0.941. The zero-order valence-electron chi connectivity index (χ0n) is 14.0. The van der Waals surface area contributed by atoms with E-state index in [-0.39, 0.29) is 5.97 Å². The van der Waals surface area contributed by atoms with Crippen LogP contribution in [0.25, 0.3) is 0 Å². The van der Waals surface area contributed by atoms with E-state index in [4.69, 9.17) is 4.74 Å². The van der Waals surface area contributed by atoms with E-state index in [0.29, 0.717) is 6.04 Å². The van der Waals surface area contributed by atoms with Gasteiger partial charge in [0.05, 0.1) is 7.11 Å². The van der Waals surface area contributed by atoms with Crippen molar-refractivity contribution in [1.82, 2.24) is 10.2 Å². The second-order valence-corrected chi connectivity index (χ2v) is 6.84.